The number of hydrogen-bond acceptors (Lipinski definition) is 3. The molecule has 11 heavy (non-hydrogen) atoms. The maximum atomic E-state index is 5.53. The van der Waals surface area contributed by atoms with E-state index in [-0.39, 0.29) is 0 Å². The van der Waals surface area contributed by atoms with Gasteiger partial charge < -0.3 is 14.8 Å². The average molecular weight is 157 g/mol. The summed E-state index contributed by atoms with van der Waals surface area (Å²) < 4.78 is 10.5. The van der Waals surface area contributed by atoms with Crippen LogP contribution in [0.15, 0.2) is 0 Å². The predicted molar refractivity (Wildman–Crippen MR) is 41.5 cm³/mol. The third-order valence-electron chi connectivity index (χ3n) is 2.35. The van der Waals surface area contributed by atoms with Gasteiger partial charge in [0.1, 0.15) is 6.10 Å². The van der Waals surface area contributed by atoms with Crippen LogP contribution in [-0.4, -0.2) is 39.0 Å². The summed E-state index contributed by atoms with van der Waals surface area (Å²) in [4.78, 5) is 0. The molecule has 0 aromatic heterocycles. The van der Waals surface area contributed by atoms with Crippen molar-refractivity contribution in [3.63, 3.8) is 0 Å². The molecule has 64 valence electrons. The zero-order valence-corrected chi connectivity index (χ0v) is 6.71. The van der Waals surface area contributed by atoms with Crippen molar-refractivity contribution in [2.24, 2.45) is 5.92 Å². The zero-order valence-electron chi connectivity index (χ0n) is 6.71. The molecular weight excluding hydrogens is 142 g/mol. The number of ether oxygens (including phenoxy) is 2. The fourth-order valence-corrected chi connectivity index (χ4v) is 1.26. The number of nitrogens with one attached hydrogen (secondary N) is 1. The molecule has 2 rings (SSSR count). The molecule has 3 nitrogen and oxygen atoms in total. The molecule has 0 radical (unpaired) electrons. The van der Waals surface area contributed by atoms with Gasteiger partial charge in [0, 0.05) is 6.61 Å². The Hall–Kier alpha value is -0.120. The van der Waals surface area contributed by atoms with Crippen molar-refractivity contribution in [1.29, 1.82) is 0 Å². The third kappa shape index (κ3) is 1.92. The summed E-state index contributed by atoms with van der Waals surface area (Å²) in [7, 11) is 0. The van der Waals surface area contributed by atoms with Gasteiger partial charge in [-0.1, -0.05) is 0 Å². The summed E-state index contributed by atoms with van der Waals surface area (Å²) in [5.74, 6) is 0.871. The quantitative estimate of drug-likeness (QED) is 0.623. The van der Waals surface area contributed by atoms with Gasteiger partial charge in [0.25, 0.3) is 0 Å². The molecule has 0 saturated carbocycles. The van der Waals surface area contributed by atoms with E-state index in [2.05, 4.69) is 5.32 Å². The fraction of sp³-hybridized carbons (Fsp3) is 1.00. The Kier molecular flexibility index (Phi) is 2.41. The molecule has 2 heterocycles. The van der Waals surface area contributed by atoms with E-state index >= 15 is 0 Å². The molecule has 2 saturated heterocycles. The standard InChI is InChI=1S/C8H15NO2/c1(7-3-9-4-7)2-11-8-5-10-6-8/h7-9H,1-6H2. The van der Waals surface area contributed by atoms with Gasteiger partial charge in [0.15, 0.2) is 0 Å². The minimum Gasteiger partial charge on any atom is -0.376 e. The fourth-order valence-electron chi connectivity index (χ4n) is 1.26. The molecule has 0 spiro atoms. The van der Waals surface area contributed by atoms with Gasteiger partial charge in [-0.15, -0.1) is 0 Å². The second-order valence-electron chi connectivity index (χ2n) is 3.34. The van der Waals surface area contributed by atoms with Crippen LogP contribution in [0.4, 0.5) is 0 Å². The maximum absolute atomic E-state index is 5.53. The van der Waals surface area contributed by atoms with Crippen molar-refractivity contribution in [3.8, 4) is 0 Å². The van der Waals surface area contributed by atoms with Crippen LogP contribution >= 0.6 is 0 Å². The summed E-state index contributed by atoms with van der Waals surface area (Å²) in [5.41, 5.74) is 0. The van der Waals surface area contributed by atoms with Gasteiger partial charge in [0.2, 0.25) is 0 Å². The van der Waals surface area contributed by atoms with Crippen LogP contribution in [0.25, 0.3) is 0 Å². The first-order chi connectivity index (χ1) is 5.45. The van der Waals surface area contributed by atoms with Gasteiger partial charge >= 0.3 is 0 Å². The molecule has 0 aliphatic carbocycles. The van der Waals surface area contributed by atoms with E-state index in [1.54, 1.807) is 0 Å². The molecule has 0 aromatic rings. The summed E-state index contributed by atoms with van der Waals surface area (Å²) >= 11 is 0. The number of hydrogen-bond donors (Lipinski definition) is 1. The second-order valence-corrected chi connectivity index (χ2v) is 3.34. The highest BCUT2D eigenvalue weighted by atomic mass is 16.6. The van der Waals surface area contributed by atoms with E-state index in [4.69, 9.17) is 9.47 Å². The Morgan fingerprint density at radius 2 is 2.18 bits per heavy atom. The average Bonchev–Trinajstić information content (AvgIpc) is 1.79. The molecule has 0 amide bonds. The van der Waals surface area contributed by atoms with Crippen molar-refractivity contribution >= 4 is 0 Å². The monoisotopic (exact) mass is 157 g/mol. The zero-order chi connectivity index (χ0) is 7.52. The molecule has 2 fully saturated rings. The summed E-state index contributed by atoms with van der Waals surface area (Å²) in [6, 6.07) is 0. The lowest BCUT2D eigenvalue weighted by molar-refractivity contribution is -0.131. The Morgan fingerprint density at radius 3 is 2.64 bits per heavy atom. The molecule has 0 bridgehead atoms. The van der Waals surface area contributed by atoms with E-state index in [1.807, 2.05) is 0 Å². The first kappa shape index (κ1) is 7.53. The molecule has 0 atom stereocenters. The van der Waals surface area contributed by atoms with Crippen LogP contribution in [0.5, 0.6) is 0 Å². The van der Waals surface area contributed by atoms with E-state index < -0.39 is 0 Å². The Morgan fingerprint density at radius 1 is 1.36 bits per heavy atom. The first-order valence-corrected chi connectivity index (χ1v) is 4.35. The molecule has 1 N–H and O–H groups in total. The van der Waals surface area contributed by atoms with Crippen molar-refractivity contribution < 1.29 is 9.47 Å². The Bertz CT molecular complexity index is 107. The normalized spacial score (nSPS) is 26.2. The van der Waals surface area contributed by atoms with Gasteiger partial charge in [-0.25, -0.2) is 0 Å². The smallest absolute Gasteiger partial charge is 0.104 e. The van der Waals surface area contributed by atoms with Gasteiger partial charge in [-0.2, -0.15) is 0 Å². The van der Waals surface area contributed by atoms with Gasteiger partial charge in [-0.05, 0) is 25.4 Å². The minimum atomic E-state index is 0.406. The number of rotatable bonds is 4. The maximum Gasteiger partial charge on any atom is 0.104 e. The van der Waals surface area contributed by atoms with Crippen molar-refractivity contribution in [2.75, 3.05) is 32.9 Å². The predicted octanol–water partition coefficient (Wildman–Crippen LogP) is 0.0113. The molecular formula is C8H15NO2. The molecule has 2 aliphatic rings. The summed E-state index contributed by atoms with van der Waals surface area (Å²) in [6.07, 6.45) is 1.62. The van der Waals surface area contributed by atoms with Crippen molar-refractivity contribution in [3.05, 3.63) is 0 Å². The second kappa shape index (κ2) is 3.52. The van der Waals surface area contributed by atoms with Crippen LogP contribution in [0.1, 0.15) is 6.42 Å². The minimum absolute atomic E-state index is 0.406. The van der Waals surface area contributed by atoms with Crippen molar-refractivity contribution in [2.45, 2.75) is 12.5 Å². The van der Waals surface area contributed by atoms with E-state index in [0.29, 0.717) is 6.10 Å². The van der Waals surface area contributed by atoms with Gasteiger partial charge in [0.05, 0.1) is 13.2 Å². The lowest BCUT2D eigenvalue weighted by Crippen LogP contribution is -2.43. The Labute approximate surface area is 67.1 Å². The highest BCUT2D eigenvalue weighted by molar-refractivity contribution is 4.74. The van der Waals surface area contributed by atoms with Crippen LogP contribution in [0, 0.1) is 5.92 Å². The SMILES string of the molecule is C(CC1CNC1)OC1COC1. The van der Waals surface area contributed by atoms with Crippen LogP contribution in [-0.2, 0) is 9.47 Å². The van der Waals surface area contributed by atoms with E-state index in [1.165, 1.54) is 19.5 Å². The molecule has 3 heteroatoms. The first-order valence-electron chi connectivity index (χ1n) is 4.35. The largest absolute Gasteiger partial charge is 0.376 e. The van der Waals surface area contributed by atoms with E-state index in [0.717, 1.165) is 25.7 Å². The molecule has 2 aliphatic heterocycles. The highest BCUT2D eigenvalue weighted by Gasteiger charge is 2.20. The lowest BCUT2D eigenvalue weighted by atomic mass is 10.0. The van der Waals surface area contributed by atoms with E-state index in [9.17, 15) is 0 Å². The van der Waals surface area contributed by atoms with Crippen LogP contribution in [0.3, 0.4) is 0 Å². The lowest BCUT2D eigenvalue weighted by Gasteiger charge is -2.30. The summed E-state index contributed by atoms with van der Waals surface area (Å²) in [5, 5.41) is 3.25. The van der Waals surface area contributed by atoms with Crippen molar-refractivity contribution in [1.82, 2.24) is 5.32 Å². The highest BCUT2D eigenvalue weighted by Crippen LogP contribution is 2.11. The topological polar surface area (TPSA) is 30.5 Å². The Balaban J connectivity index is 1.46. The molecule has 0 aromatic carbocycles. The van der Waals surface area contributed by atoms with Gasteiger partial charge in [-0.3, -0.25) is 0 Å². The molecule has 0 unspecified atom stereocenters. The van der Waals surface area contributed by atoms with Crippen LogP contribution in [0.2, 0.25) is 0 Å². The third-order valence-corrected chi connectivity index (χ3v) is 2.35. The summed E-state index contributed by atoms with van der Waals surface area (Å²) in [6.45, 7) is 4.90. The van der Waals surface area contributed by atoms with Crippen LogP contribution < -0.4 is 5.32 Å².